The van der Waals surface area contributed by atoms with Crippen molar-refractivity contribution in [3.05, 3.63) is 65.7 Å². The molecule has 0 aliphatic heterocycles. The minimum atomic E-state index is 0.915. The summed E-state index contributed by atoms with van der Waals surface area (Å²) in [6.07, 6.45) is 0. The van der Waals surface area contributed by atoms with Gasteiger partial charge in [0.2, 0.25) is 0 Å². The van der Waals surface area contributed by atoms with Crippen molar-refractivity contribution in [2.24, 2.45) is 0 Å². The zero-order valence-electron chi connectivity index (χ0n) is 10.6. The lowest BCUT2D eigenvalue weighted by atomic mass is 10.1. The Bertz CT molecular complexity index is 464. The van der Waals surface area contributed by atoms with E-state index in [0.29, 0.717) is 0 Å². The van der Waals surface area contributed by atoms with Gasteiger partial charge in [0, 0.05) is 24.1 Å². The molecular weight excluding hydrogens is 286 g/mol. The van der Waals surface area contributed by atoms with E-state index >= 15 is 0 Å². The first-order valence-electron chi connectivity index (χ1n) is 6.27. The fourth-order valence-corrected chi connectivity index (χ4v) is 2.36. The van der Waals surface area contributed by atoms with E-state index in [9.17, 15) is 0 Å². The molecule has 0 saturated heterocycles. The van der Waals surface area contributed by atoms with Crippen molar-refractivity contribution >= 4 is 21.6 Å². The summed E-state index contributed by atoms with van der Waals surface area (Å²) in [5.41, 5.74) is 3.95. The quantitative estimate of drug-likeness (QED) is 0.729. The fourth-order valence-electron chi connectivity index (χ4n) is 1.99. The Morgan fingerprint density at radius 3 is 2.11 bits per heavy atom. The van der Waals surface area contributed by atoms with Gasteiger partial charge in [-0.1, -0.05) is 58.4 Å². The number of hydrogen-bond acceptors (Lipinski definition) is 1. The molecule has 0 fully saturated rings. The Morgan fingerprint density at radius 1 is 0.889 bits per heavy atom. The van der Waals surface area contributed by atoms with Crippen LogP contribution in [0, 0.1) is 0 Å². The predicted molar refractivity (Wildman–Crippen MR) is 82.2 cm³/mol. The second-order valence-electron chi connectivity index (χ2n) is 4.30. The van der Waals surface area contributed by atoms with E-state index in [4.69, 9.17) is 0 Å². The Labute approximate surface area is 118 Å². The zero-order valence-corrected chi connectivity index (χ0v) is 12.2. The summed E-state index contributed by atoms with van der Waals surface area (Å²) in [5, 5.41) is 0.915. The van der Waals surface area contributed by atoms with Crippen LogP contribution in [0.25, 0.3) is 0 Å². The van der Waals surface area contributed by atoms with Crippen LogP contribution in [0.3, 0.4) is 0 Å². The maximum Gasteiger partial charge on any atom is 0.0429 e. The van der Waals surface area contributed by atoms with Crippen LogP contribution in [-0.2, 0) is 11.9 Å². The molecule has 94 valence electrons. The van der Waals surface area contributed by atoms with Crippen molar-refractivity contribution in [2.75, 3.05) is 11.4 Å². The number of rotatable bonds is 5. The monoisotopic (exact) mass is 303 g/mol. The normalized spacial score (nSPS) is 10.3. The van der Waals surface area contributed by atoms with Crippen molar-refractivity contribution in [3.63, 3.8) is 0 Å². The van der Waals surface area contributed by atoms with E-state index in [-0.39, 0.29) is 0 Å². The highest BCUT2D eigenvalue weighted by molar-refractivity contribution is 9.08. The van der Waals surface area contributed by atoms with E-state index < -0.39 is 0 Å². The third kappa shape index (κ3) is 3.36. The maximum absolute atomic E-state index is 3.48. The van der Waals surface area contributed by atoms with Gasteiger partial charge in [0.25, 0.3) is 0 Å². The van der Waals surface area contributed by atoms with Crippen molar-refractivity contribution in [1.82, 2.24) is 0 Å². The number of anilines is 1. The summed E-state index contributed by atoms with van der Waals surface area (Å²) in [6, 6.07) is 19.4. The molecule has 2 aromatic rings. The number of hydrogen-bond donors (Lipinski definition) is 0. The fraction of sp³-hybridized carbons (Fsp3) is 0.250. The van der Waals surface area contributed by atoms with Crippen LogP contribution in [0.1, 0.15) is 18.1 Å². The number of alkyl halides is 1. The van der Waals surface area contributed by atoms with Crippen molar-refractivity contribution in [2.45, 2.75) is 18.8 Å². The van der Waals surface area contributed by atoms with Gasteiger partial charge >= 0.3 is 0 Å². The smallest absolute Gasteiger partial charge is 0.0429 e. The Hall–Kier alpha value is -1.28. The highest BCUT2D eigenvalue weighted by Crippen LogP contribution is 2.18. The van der Waals surface area contributed by atoms with Crippen molar-refractivity contribution in [3.8, 4) is 0 Å². The molecule has 0 aliphatic rings. The van der Waals surface area contributed by atoms with Gasteiger partial charge < -0.3 is 4.90 Å². The van der Waals surface area contributed by atoms with Crippen LogP contribution < -0.4 is 4.90 Å². The lowest BCUT2D eigenvalue weighted by Gasteiger charge is -2.23. The molecule has 0 amide bonds. The molecule has 0 N–H and O–H groups in total. The first-order chi connectivity index (χ1) is 8.83. The Morgan fingerprint density at radius 2 is 1.56 bits per heavy atom. The van der Waals surface area contributed by atoms with Crippen LogP contribution in [0.2, 0.25) is 0 Å². The van der Waals surface area contributed by atoms with E-state index in [1.165, 1.54) is 16.8 Å². The molecule has 0 atom stereocenters. The van der Waals surface area contributed by atoms with Crippen molar-refractivity contribution < 1.29 is 0 Å². The van der Waals surface area contributed by atoms with Gasteiger partial charge in [-0.15, -0.1) is 0 Å². The van der Waals surface area contributed by atoms with Crippen LogP contribution in [0.5, 0.6) is 0 Å². The largest absolute Gasteiger partial charge is 0.367 e. The third-order valence-corrected chi connectivity index (χ3v) is 3.70. The highest BCUT2D eigenvalue weighted by Gasteiger charge is 2.04. The lowest BCUT2D eigenvalue weighted by molar-refractivity contribution is 0.832. The Kier molecular flexibility index (Phi) is 4.82. The van der Waals surface area contributed by atoms with Crippen molar-refractivity contribution in [1.29, 1.82) is 0 Å². The molecule has 0 bridgehead atoms. The zero-order chi connectivity index (χ0) is 12.8. The second-order valence-corrected chi connectivity index (χ2v) is 4.86. The van der Waals surface area contributed by atoms with Crippen LogP contribution in [-0.4, -0.2) is 6.54 Å². The van der Waals surface area contributed by atoms with Gasteiger partial charge in [-0.2, -0.15) is 0 Å². The topological polar surface area (TPSA) is 3.24 Å². The summed E-state index contributed by atoms with van der Waals surface area (Å²) < 4.78 is 0. The van der Waals surface area contributed by atoms with Gasteiger partial charge in [-0.3, -0.25) is 0 Å². The average Bonchev–Trinajstić information content (AvgIpc) is 2.46. The molecule has 1 nitrogen and oxygen atoms in total. The van der Waals surface area contributed by atoms with Gasteiger partial charge in [0.1, 0.15) is 0 Å². The molecule has 18 heavy (non-hydrogen) atoms. The molecule has 0 aliphatic carbocycles. The molecule has 0 spiro atoms. The maximum atomic E-state index is 3.48. The average molecular weight is 304 g/mol. The van der Waals surface area contributed by atoms with Crippen LogP contribution in [0.15, 0.2) is 54.6 Å². The van der Waals surface area contributed by atoms with Crippen LogP contribution in [0.4, 0.5) is 5.69 Å². The molecule has 0 saturated carbocycles. The molecule has 0 radical (unpaired) electrons. The number of benzene rings is 2. The van der Waals surface area contributed by atoms with Gasteiger partial charge in [0.05, 0.1) is 0 Å². The second kappa shape index (κ2) is 6.60. The lowest BCUT2D eigenvalue weighted by Crippen LogP contribution is -2.21. The molecule has 2 rings (SSSR count). The van der Waals surface area contributed by atoms with E-state index in [1.54, 1.807) is 0 Å². The number of nitrogens with zero attached hydrogens (tertiary/aromatic N) is 1. The summed E-state index contributed by atoms with van der Waals surface area (Å²) in [6.45, 7) is 4.18. The molecular formula is C16H18BrN. The van der Waals surface area contributed by atoms with E-state index in [2.05, 4.69) is 82.4 Å². The molecule has 0 unspecified atom stereocenters. The summed E-state index contributed by atoms with van der Waals surface area (Å²) >= 11 is 3.48. The SMILES string of the molecule is CCN(Cc1ccccc1)c1ccc(CBr)cc1. The van der Waals surface area contributed by atoms with E-state index in [0.717, 1.165) is 18.4 Å². The summed E-state index contributed by atoms with van der Waals surface area (Å²) in [4.78, 5) is 2.38. The minimum absolute atomic E-state index is 0.915. The third-order valence-electron chi connectivity index (χ3n) is 3.05. The predicted octanol–water partition coefficient (Wildman–Crippen LogP) is 4.61. The molecule has 0 aromatic heterocycles. The van der Waals surface area contributed by atoms with Gasteiger partial charge in [-0.05, 0) is 30.2 Å². The standard InChI is InChI=1S/C16H18BrN/c1-2-18(13-15-6-4-3-5-7-15)16-10-8-14(12-17)9-11-16/h3-11H,2,12-13H2,1H3. The molecule has 2 heteroatoms. The first-order valence-corrected chi connectivity index (χ1v) is 7.39. The first kappa shape index (κ1) is 13.2. The number of halogens is 1. The summed E-state index contributed by atoms with van der Waals surface area (Å²) in [5.74, 6) is 0. The highest BCUT2D eigenvalue weighted by atomic mass is 79.9. The minimum Gasteiger partial charge on any atom is -0.367 e. The van der Waals surface area contributed by atoms with Gasteiger partial charge in [-0.25, -0.2) is 0 Å². The van der Waals surface area contributed by atoms with Crippen LogP contribution >= 0.6 is 15.9 Å². The summed E-state index contributed by atoms with van der Waals surface area (Å²) in [7, 11) is 0. The van der Waals surface area contributed by atoms with E-state index in [1.807, 2.05) is 0 Å². The molecule has 2 aromatic carbocycles. The Balaban J connectivity index is 2.12. The molecule has 0 heterocycles. The van der Waals surface area contributed by atoms with Gasteiger partial charge in [0.15, 0.2) is 0 Å².